The topological polar surface area (TPSA) is 86.3 Å². The van der Waals surface area contributed by atoms with Gasteiger partial charge in [0.1, 0.15) is 11.8 Å². The van der Waals surface area contributed by atoms with Crippen LogP contribution in [0.15, 0.2) is 65.1 Å². The second kappa shape index (κ2) is 8.66. The Labute approximate surface area is 182 Å². The van der Waals surface area contributed by atoms with Crippen molar-refractivity contribution in [2.75, 3.05) is 16.9 Å². The van der Waals surface area contributed by atoms with Crippen molar-refractivity contribution in [3.63, 3.8) is 0 Å². The summed E-state index contributed by atoms with van der Waals surface area (Å²) in [5, 5.41) is 12.2. The van der Waals surface area contributed by atoms with E-state index in [0.29, 0.717) is 39.2 Å². The standard InChI is InChI=1S/C22H16ClN3O3S/c23-17-4-2-1-3-16(17)19-9-10-20(29-19)22(28)26-13-30-12-18(26)21(27)25-15-7-5-14(11-24)6-8-15/h1-10,18H,12-13H2,(H,25,27). The van der Waals surface area contributed by atoms with E-state index in [0.717, 1.165) is 0 Å². The number of nitrogens with zero attached hydrogens (tertiary/aromatic N) is 2. The molecule has 4 rings (SSSR count). The Hall–Kier alpha value is -3.21. The minimum atomic E-state index is -0.619. The predicted octanol–water partition coefficient (Wildman–Crippen LogP) is 4.63. The van der Waals surface area contributed by atoms with Crippen LogP contribution in [-0.2, 0) is 4.79 Å². The van der Waals surface area contributed by atoms with Crippen LogP contribution in [-0.4, -0.2) is 34.4 Å². The van der Waals surface area contributed by atoms with E-state index in [4.69, 9.17) is 21.3 Å². The average molecular weight is 438 g/mol. The Balaban J connectivity index is 1.49. The molecule has 2 heterocycles. The molecule has 8 heteroatoms. The molecule has 1 unspecified atom stereocenters. The van der Waals surface area contributed by atoms with Crippen molar-refractivity contribution in [2.45, 2.75) is 6.04 Å². The van der Waals surface area contributed by atoms with Gasteiger partial charge in [-0.3, -0.25) is 9.59 Å². The van der Waals surface area contributed by atoms with Gasteiger partial charge in [-0.25, -0.2) is 0 Å². The second-order valence-corrected chi connectivity index (χ2v) is 8.02. The van der Waals surface area contributed by atoms with E-state index in [9.17, 15) is 9.59 Å². The van der Waals surface area contributed by atoms with Gasteiger partial charge in [-0.2, -0.15) is 5.26 Å². The number of carbonyl (C=O) groups is 2. The second-order valence-electron chi connectivity index (χ2n) is 6.61. The molecule has 0 bridgehead atoms. The van der Waals surface area contributed by atoms with Crippen molar-refractivity contribution in [2.24, 2.45) is 0 Å². The van der Waals surface area contributed by atoms with E-state index in [-0.39, 0.29) is 17.6 Å². The number of hydrogen-bond donors (Lipinski definition) is 1. The number of benzene rings is 2. The number of anilines is 1. The van der Waals surface area contributed by atoms with E-state index in [1.54, 1.807) is 42.5 Å². The first-order chi connectivity index (χ1) is 14.6. The molecule has 2 amide bonds. The Kier molecular flexibility index (Phi) is 5.79. The van der Waals surface area contributed by atoms with Crippen LogP contribution in [0.3, 0.4) is 0 Å². The molecule has 6 nitrogen and oxygen atoms in total. The van der Waals surface area contributed by atoms with Crippen LogP contribution in [0.4, 0.5) is 5.69 Å². The first-order valence-electron chi connectivity index (χ1n) is 9.11. The lowest BCUT2D eigenvalue weighted by Crippen LogP contribution is -2.44. The van der Waals surface area contributed by atoms with E-state index in [2.05, 4.69) is 5.32 Å². The number of nitriles is 1. The first-order valence-corrected chi connectivity index (χ1v) is 10.6. The average Bonchev–Trinajstić information content (AvgIpc) is 3.44. The summed E-state index contributed by atoms with van der Waals surface area (Å²) < 4.78 is 5.75. The van der Waals surface area contributed by atoms with Crippen molar-refractivity contribution >= 4 is 40.9 Å². The molecule has 1 aliphatic rings. The van der Waals surface area contributed by atoms with Crippen LogP contribution < -0.4 is 5.32 Å². The first kappa shape index (κ1) is 20.1. The van der Waals surface area contributed by atoms with Crippen molar-refractivity contribution in [3.05, 3.63) is 77.0 Å². The molecule has 2 aromatic carbocycles. The highest BCUT2D eigenvalue weighted by Gasteiger charge is 2.36. The van der Waals surface area contributed by atoms with E-state index in [1.165, 1.54) is 16.7 Å². The molecule has 1 atom stereocenters. The summed E-state index contributed by atoms with van der Waals surface area (Å²) in [6, 6.07) is 18.5. The van der Waals surface area contributed by atoms with Crippen LogP contribution in [0.1, 0.15) is 16.1 Å². The van der Waals surface area contributed by atoms with E-state index >= 15 is 0 Å². The Morgan fingerprint density at radius 3 is 2.63 bits per heavy atom. The summed E-state index contributed by atoms with van der Waals surface area (Å²) in [6.07, 6.45) is 0. The van der Waals surface area contributed by atoms with Crippen LogP contribution in [0.25, 0.3) is 11.3 Å². The highest BCUT2D eigenvalue weighted by molar-refractivity contribution is 7.99. The highest BCUT2D eigenvalue weighted by atomic mass is 35.5. The van der Waals surface area contributed by atoms with Crippen molar-refractivity contribution in [3.8, 4) is 17.4 Å². The number of rotatable bonds is 4. The summed E-state index contributed by atoms with van der Waals surface area (Å²) >= 11 is 7.71. The van der Waals surface area contributed by atoms with E-state index < -0.39 is 6.04 Å². The fourth-order valence-corrected chi connectivity index (χ4v) is 4.50. The summed E-state index contributed by atoms with van der Waals surface area (Å²) in [7, 11) is 0. The third-order valence-corrected chi connectivity index (χ3v) is 6.03. The van der Waals surface area contributed by atoms with Crippen LogP contribution in [0, 0.1) is 11.3 Å². The van der Waals surface area contributed by atoms with Gasteiger partial charge in [0.2, 0.25) is 5.91 Å². The molecule has 1 fully saturated rings. The molecule has 0 saturated carbocycles. The molecule has 30 heavy (non-hydrogen) atoms. The molecule has 1 saturated heterocycles. The highest BCUT2D eigenvalue weighted by Crippen LogP contribution is 2.31. The van der Waals surface area contributed by atoms with E-state index in [1.807, 2.05) is 24.3 Å². The van der Waals surface area contributed by atoms with Gasteiger partial charge in [-0.15, -0.1) is 11.8 Å². The van der Waals surface area contributed by atoms with Gasteiger partial charge in [0.15, 0.2) is 5.76 Å². The lowest BCUT2D eigenvalue weighted by Gasteiger charge is -2.22. The maximum absolute atomic E-state index is 13.0. The van der Waals surface area contributed by atoms with Gasteiger partial charge < -0.3 is 14.6 Å². The maximum Gasteiger partial charge on any atom is 0.290 e. The normalized spacial score (nSPS) is 15.6. The largest absolute Gasteiger partial charge is 0.451 e. The minimum absolute atomic E-state index is 0.156. The zero-order chi connectivity index (χ0) is 21.1. The number of furan rings is 1. The molecule has 0 spiro atoms. The number of hydrogen-bond acceptors (Lipinski definition) is 5. The number of carbonyl (C=O) groups excluding carboxylic acids is 2. The molecule has 1 aromatic heterocycles. The third kappa shape index (κ3) is 4.06. The SMILES string of the molecule is N#Cc1ccc(NC(=O)C2CSCN2C(=O)c2ccc(-c3ccccc3Cl)o2)cc1. The van der Waals surface area contributed by atoms with Crippen LogP contribution >= 0.6 is 23.4 Å². The quantitative estimate of drug-likeness (QED) is 0.643. The molecule has 1 aliphatic heterocycles. The molecule has 3 aromatic rings. The zero-order valence-electron chi connectivity index (χ0n) is 15.7. The summed E-state index contributed by atoms with van der Waals surface area (Å²) in [5.41, 5.74) is 1.78. The molecule has 150 valence electrons. The fraction of sp³-hybridized carbons (Fsp3) is 0.136. The lowest BCUT2D eigenvalue weighted by molar-refractivity contribution is -0.119. The maximum atomic E-state index is 13.0. The minimum Gasteiger partial charge on any atom is -0.451 e. The molecule has 1 N–H and O–H groups in total. The molecular formula is C22H16ClN3O3S. The van der Waals surface area contributed by atoms with Gasteiger partial charge in [0.25, 0.3) is 5.91 Å². The monoisotopic (exact) mass is 437 g/mol. The van der Waals surface area contributed by atoms with Gasteiger partial charge in [-0.05, 0) is 48.5 Å². The summed E-state index contributed by atoms with van der Waals surface area (Å²) in [5.74, 6) is 0.908. The fourth-order valence-electron chi connectivity index (χ4n) is 3.11. The van der Waals surface area contributed by atoms with Crippen molar-refractivity contribution in [1.82, 2.24) is 4.90 Å². The Bertz CT molecular complexity index is 1140. The van der Waals surface area contributed by atoms with Crippen molar-refractivity contribution < 1.29 is 14.0 Å². The molecule has 0 radical (unpaired) electrons. The smallest absolute Gasteiger partial charge is 0.290 e. The predicted molar refractivity (Wildman–Crippen MR) is 116 cm³/mol. The van der Waals surface area contributed by atoms with Gasteiger partial charge in [-0.1, -0.05) is 23.7 Å². The van der Waals surface area contributed by atoms with Gasteiger partial charge >= 0.3 is 0 Å². The van der Waals surface area contributed by atoms with Gasteiger partial charge in [0.05, 0.1) is 22.5 Å². The number of halogens is 1. The van der Waals surface area contributed by atoms with Crippen LogP contribution in [0.5, 0.6) is 0 Å². The molecule has 0 aliphatic carbocycles. The summed E-state index contributed by atoms with van der Waals surface area (Å²) in [6.45, 7) is 0. The third-order valence-electron chi connectivity index (χ3n) is 4.68. The molecular weight excluding hydrogens is 422 g/mol. The summed E-state index contributed by atoms with van der Waals surface area (Å²) in [4.78, 5) is 27.3. The lowest BCUT2D eigenvalue weighted by atomic mass is 10.2. The van der Waals surface area contributed by atoms with Crippen LogP contribution in [0.2, 0.25) is 5.02 Å². The Morgan fingerprint density at radius 1 is 1.13 bits per heavy atom. The number of nitrogens with one attached hydrogen (secondary N) is 1. The van der Waals surface area contributed by atoms with Crippen molar-refractivity contribution in [1.29, 1.82) is 5.26 Å². The zero-order valence-corrected chi connectivity index (χ0v) is 17.2. The number of thioether (sulfide) groups is 1. The number of amides is 2. The van der Waals surface area contributed by atoms with Gasteiger partial charge in [0, 0.05) is 17.0 Å². The Morgan fingerprint density at radius 2 is 1.90 bits per heavy atom.